The molecule has 1 heterocycles. The number of carbonyl (C=O) groups is 1. The number of benzene rings is 1. The first kappa shape index (κ1) is 14.9. The second kappa shape index (κ2) is 6.39. The van der Waals surface area contributed by atoms with Crippen molar-refractivity contribution >= 4 is 16.7 Å². The van der Waals surface area contributed by atoms with Crippen LogP contribution in [0, 0.1) is 5.92 Å². The van der Waals surface area contributed by atoms with Crippen LogP contribution in [0.25, 0.3) is 0 Å². The summed E-state index contributed by atoms with van der Waals surface area (Å²) in [5.74, 6) is 0.388. The van der Waals surface area contributed by atoms with E-state index in [-0.39, 0.29) is 18.5 Å². The van der Waals surface area contributed by atoms with E-state index in [1.54, 1.807) is 0 Å². The van der Waals surface area contributed by atoms with Gasteiger partial charge in [-0.3, -0.25) is 13.6 Å². The lowest BCUT2D eigenvalue weighted by molar-refractivity contribution is -0.122. The Morgan fingerprint density at radius 2 is 2.14 bits per heavy atom. The van der Waals surface area contributed by atoms with Gasteiger partial charge in [0, 0.05) is 6.26 Å². The molecule has 7 heteroatoms. The number of hydrogen-bond donors (Lipinski definition) is 1. The van der Waals surface area contributed by atoms with E-state index < -0.39 is 10.8 Å². The molecule has 0 bridgehead atoms. The molecular weight excluding hydrogens is 300 g/mol. The molecule has 22 heavy (non-hydrogen) atoms. The van der Waals surface area contributed by atoms with Gasteiger partial charge >= 0.3 is 0 Å². The monoisotopic (exact) mass is 318 g/mol. The van der Waals surface area contributed by atoms with Crippen LogP contribution in [0.2, 0.25) is 0 Å². The Morgan fingerprint density at radius 3 is 2.77 bits per heavy atom. The SMILES string of the molecule is C[S@@](=O)c1nncn1CC(=O)N[C@H](c1ccccc1)C1CC1. The molecule has 0 saturated heterocycles. The number of amides is 1. The maximum atomic E-state index is 12.3. The first-order chi connectivity index (χ1) is 10.6. The third-order valence-corrected chi connectivity index (χ3v) is 4.55. The Kier molecular flexibility index (Phi) is 4.33. The predicted octanol–water partition coefficient (Wildman–Crippen LogP) is 1.28. The summed E-state index contributed by atoms with van der Waals surface area (Å²) in [5, 5.41) is 10.9. The van der Waals surface area contributed by atoms with Crippen molar-refractivity contribution in [2.24, 2.45) is 5.92 Å². The largest absolute Gasteiger partial charge is 0.347 e. The number of rotatable bonds is 6. The molecule has 2 atom stereocenters. The fourth-order valence-electron chi connectivity index (χ4n) is 2.51. The Morgan fingerprint density at radius 1 is 1.41 bits per heavy atom. The molecule has 1 N–H and O–H groups in total. The quantitative estimate of drug-likeness (QED) is 0.870. The van der Waals surface area contributed by atoms with Crippen LogP contribution in [0.5, 0.6) is 0 Å². The number of aromatic nitrogens is 3. The standard InChI is InChI=1S/C15H18N4O2S/c1-22(21)15-18-16-10-19(15)9-13(20)17-14(12-7-8-12)11-5-3-2-4-6-11/h2-6,10,12,14H,7-9H2,1H3,(H,17,20)/t14-,22-/m1/s1. The molecule has 1 saturated carbocycles. The van der Waals surface area contributed by atoms with Gasteiger partial charge in [0.25, 0.3) is 0 Å². The van der Waals surface area contributed by atoms with Gasteiger partial charge in [-0.25, -0.2) is 0 Å². The fraction of sp³-hybridized carbons (Fsp3) is 0.400. The zero-order valence-electron chi connectivity index (χ0n) is 12.3. The van der Waals surface area contributed by atoms with E-state index in [2.05, 4.69) is 15.5 Å². The highest BCUT2D eigenvalue weighted by atomic mass is 32.2. The van der Waals surface area contributed by atoms with E-state index in [1.165, 1.54) is 17.2 Å². The van der Waals surface area contributed by atoms with E-state index in [9.17, 15) is 9.00 Å². The summed E-state index contributed by atoms with van der Waals surface area (Å²) >= 11 is 0. The van der Waals surface area contributed by atoms with E-state index in [0.29, 0.717) is 11.1 Å². The molecule has 1 aromatic carbocycles. The van der Waals surface area contributed by atoms with Gasteiger partial charge in [-0.05, 0) is 24.3 Å². The average molecular weight is 318 g/mol. The minimum absolute atomic E-state index is 0.0424. The summed E-state index contributed by atoms with van der Waals surface area (Å²) < 4.78 is 13.1. The molecule has 1 aliphatic carbocycles. The first-order valence-corrected chi connectivity index (χ1v) is 8.76. The molecule has 3 rings (SSSR count). The van der Waals surface area contributed by atoms with Crippen molar-refractivity contribution in [3.05, 3.63) is 42.2 Å². The van der Waals surface area contributed by atoms with Crippen molar-refractivity contribution in [1.82, 2.24) is 20.1 Å². The molecular formula is C15H18N4O2S. The highest BCUT2D eigenvalue weighted by molar-refractivity contribution is 7.84. The maximum absolute atomic E-state index is 12.3. The highest BCUT2D eigenvalue weighted by Gasteiger charge is 2.33. The van der Waals surface area contributed by atoms with Crippen molar-refractivity contribution in [3.63, 3.8) is 0 Å². The van der Waals surface area contributed by atoms with Crippen molar-refractivity contribution in [2.75, 3.05) is 6.26 Å². The molecule has 6 nitrogen and oxygen atoms in total. The fourth-order valence-corrected chi connectivity index (χ4v) is 3.12. The van der Waals surface area contributed by atoms with Gasteiger partial charge in [-0.1, -0.05) is 30.3 Å². The summed E-state index contributed by atoms with van der Waals surface area (Å²) in [6, 6.07) is 10.0. The zero-order chi connectivity index (χ0) is 15.5. The molecule has 1 aliphatic rings. The summed E-state index contributed by atoms with van der Waals surface area (Å²) in [6.45, 7) is 0.0813. The first-order valence-electron chi connectivity index (χ1n) is 7.20. The zero-order valence-corrected chi connectivity index (χ0v) is 13.1. The van der Waals surface area contributed by atoms with Crippen LogP contribution in [0.4, 0.5) is 0 Å². The van der Waals surface area contributed by atoms with Crippen molar-refractivity contribution in [1.29, 1.82) is 0 Å². The number of carbonyl (C=O) groups excluding carboxylic acids is 1. The van der Waals surface area contributed by atoms with Gasteiger partial charge in [0.15, 0.2) is 0 Å². The van der Waals surface area contributed by atoms with Gasteiger partial charge in [-0.15, -0.1) is 10.2 Å². The van der Waals surface area contributed by atoms with Crippen LogP contribution in [-0.4, -0.2) is 31.1 Å². The summed E-state index contributed by atoms with van der Waals surface area (Å²) in [5.41, 5.74) is 1.13. The van der Waals surface area contributed by atoms with Crippen LogP contribution in [-0.2, 0) is 22.1 Å². The smallest absolute Gasteiger partial charge is 0.240 e. The summed E-state index contributed by atoms with van der Waals surface area (Å²) in [7, 11) is -1.26. The van der Waals surface area contributed by atoms with Crippen molar-refractivity contribution in [2.45, 2.75) is 30.6 Å². The highest BCUT2D eigenvalue weighted by Crippen LogP contribution is 2.40. The second-order valence-electron chi connectivity index (χ2n) is 5.49. The van der Waals surface area contributed by atoms with Crippen LogP contribution in [0.15, 0.2) is 41.8 Å². The van der Waals surface area contributed by atoms with Gasteiger partial charge in [0.05, 0.1) is 16.8 Å². The Labute approximate surface area is 131 Å². The lowest BCUT2D eigenvalue weighted by Gasteiger charge is -2.19. The maximum Gasteiger partial charge on any atom is 0.240 e. The van der Waals surface area contributed by atoms with Gasteiger partial charge in [0.1, 0.15) is 12.9 Å². The summed E-state index contributed by atoms with van der Waals surface area (Å²) in [4.78, 5) is 12.3. The van der Waals surface area contributed by atoms with Crippen LogP contribution in [0.1, 0.15) is 24.4 Å². The van der Waals surface area contributed by atoms with E-state index in [1.807, 2.05) is 30.3 Å². The molecule has 2 aromatic rings. The van der Waals surface area contributed by atoms with E-state index >= 15 is 0 Å². The van der Waals surface area contributed by atoms with Crippen LogP contribution in [0.3, 0.4) is 0 Å². The molecule has 0 unspecified atom stereocenters. The lowest BCUT2D eigenvalue weighted by atomic mass is 10.0. The normalized spacial score (nSPS) is 17.0. The Bertz CT molecular complexity index is 682. The molecule has 116 valence electrons. The molecule has 1 fully saturated rings. The third kappa shape index (κ3) is 3.41. The Balaban J connectivity index is 1.69. The van der Waals surface area contributed by atoms with Gasteiger partial charge in [0.2, 0.25) is 11.1 Å². The second-order valence-corrected chi connectivity index (χ2v) is 6.76. The minimum Gasteiger partial charge on any atom is -0.347 e. The number of nitrogens with one attached hydrogen (secondary N) is 1. The van der Waals surface area contributed by atoms with E-state index in [4.69, 9.17) is 0 Å². The topological polar surface area (TPSA) is 76.9 Å². The molecule has 1 aromatic heterocycles. The van der Waals surface area contributed by atoms with Crippen molar-refractivity contribution < 1.29 is 9.00 Å². The lowest BCUT2D eigenvalue weighted by Crippen LogP contribution is -2.33. The van der Waals surface area contributed by atoms with Crippen molar-refractivity contribution in [3.8, 4) is 0 Å². The molecule has 1 amide bonds. The van der Waals surface area contributed by atoms with Crippen LogP contribution >= 0.6 is 0 Å². The predicted molar refractivity (Wildman–Crippen MR) is 82.4 cm³/mol. The number of hydrogen-bond acceptors (Lipinski definition) is 4. The molecule has 0 radical (unpaired) electrons. The van der Waals surface area contributed by atoms with Gasteiger partial charge < -0.3 is 5.32 Å². The minimum atomic E-state index is -1.26. The van der Waals surface area contributed by atoms with E-state index in [0.717, 1.165) is 18.4 Å². The third-order valence-electron chi connectivity index (χ3n) is 3.72. The average Bonchev–Trinajstić information content (AvgIpc) is 3.24. The Hall–Kier alpha value is -2.02. The van der Waals surface area contributed by atoms with Gasteiger partial charge in [-0.2, -0.15) is 0 Å². The summed E-state index contributed by atoms with van der Waals surface area (Å²) in [6.07, 6.45) is 5.23. The molecule has 0 aliphatic heterocycles. The number of nitrogens with zero attached hydrogens (tertiary/aromatic N) is 3. The van der Waals surface area contributed by atoms with Crippen LogP contribution < -0.4 is 5.32 Å². The molecule has 0 spiro atoms.